The predicted molar refractivity (Wildman–Crippen MR) is 104 cm³/mol. The average molecular weight is 449 g/mol. The summed E-state index contributed by atoms with van der Waals surface area (Å²) in [5.41, 5.74) is 8.76. The molecule has 120 valence electrons. The summed E-state index contributed by atoms with van der Waals surface area (Å²) in [7, 11) is -0.586. The van der Waals surface area contributed by atoms with E-state index in [1.807, 2.05) is 0 Å². The Labute approximate surface area is 174 Å². The molecule has 0 radical (unpaired) electrons. The minimum atomic E-state index is -0.586. The van der Waals surface area contributed by atoms with Gasteiger partial charge in [0.15, 0.2) is 0 Å². The Balaban J connectivity index is 0.00000169. The van der Waals surface area contributed by atoms with Gasteiger partial charge in [0, 0.05) is 47.4 Å². The molecular formula is C20H18Cl2SiZr. The molecule has 0 spiro atoms. The van der Waals surface area contributed by atoms with Crippen LogP contribution in [-0.4, -0.2) is 9.52 Å². The number of benzene rings is 2. The van der Waals surface area contributed by atoms with Crippen LogP contribution >= 0.6 is 23.2 Å². The van der Waals surface area contributed by atoms with Crippen molar-refractivity contribution in [1.82, 2.24) is 0 Å². The second kappa shape index (κ2) is 7.08. The average Bonchev–Trinajstić information content (AvgIpc) is 2.98. The topological polar surface area (TPSA) is 0 Å². The van der Waals surface area contributed by atoms with Gasteiger partial charge < -0.3 is 0 Å². The van der Waals surface area contributed by atoms with Crippen LogP contribution in [0.15, 0.2) is 52.5 Å². The number of hydrogen-bond acceptors (Lipinski definition) is 0. The molecule has 2 aromatic rings. The van der Waals surface area contributed by atoms with Gasteiger partial charge >= 0.3 is 0 Å². The SMILES string of the molecule is CC1=C(Cl)C([SiH2]C2C(Cl)=Cc3ccccc32)c2cccc(C)c21.[Zr]. The molecule has 0 saturated heterocycles. The fourth-order valence-electron chi connectivity index (χ4n) is 4.07. The zero-order valence-electron chi connectivity index (χ0n) is 13.7. The van der Waals surface area contributed by atoms with E-state index in [2.05, 4.69) is 62.4 Å². The second-order valence-electron chi connectivity index (χ2n) is 6.51. The van der Waals surface area contributed by atoms with Crippen molar-refractivity contribution in [1.29, 1.82) is 0 Å². The van der Waals surface area contributed by atoms with Gasteiger partial charge in [-0.05, 0) is 53.3 Å². The van der Waals surface area contributed by atoms with Gasteiger partial charge in [0.25, 0.3) is 0 Å². The summed E-state index contributed by atoms with van der Waals surface area (Å²) >= 11 is 13.4. The molecule has 0 saturated carbocycles. The van der Waals surface area contributed by atoms with Crippen molar-refractivity contribution in [2.75, 3.05) is 0 Å². The van der Waals surface area contributed by atoms with Crippen LogP contribution in [0.1, 0.15) is 45.8 Å². The summed E-state index contributed by atoms with van der Waals surface area (Å²) in [4.78, 5) is 0. The van der Waals surface area contributed by atoms with E-state index in [1.54, 1.807) is 0 Å². The zero-order valence-corrected chi connectivity index (χ0v) is 19.1. The van der Waals surface area contributed by atoms with Gasteiger partial charge in [0.1, 0.15) is 0 Å². The van der Waals surface area contributed by atoms with Crippen LogP contribution in [0.25, 0.3) is 11.6 Å². The van der Waals surface area contributed by atoms with Crippen LogP contribution in [0, 0.1) is 6.92 Å². The Morgan fingerprint density at radius 3 is 2.38 bits per heavy atom. The molecule has 4 heteroatoms. The molecule has 2 aromatic carbocycles. The number of hydrogen-bond donors (Lipinski definition) is 0. The molecule has 0 bridgehead atoms. The van der Waals surface area contributed by atoms with Crippen LogP contribution in [-0.2, 0) is 26.2 Å². The molecule has 2 atom stereocenters. The van der Waals surface area contributed by atoms with Gasteiger partial charge in [0.05, 0.1) is 9.52 Å². The predicted octanol–water partition coefficient (Wildman–Crippen LogP) is 5.52. The molecule has 0 nitrogen and oxygen atoms in total. The number of fused-ring (bicyclic) bond motifs is 2. The maximum Gasteiger partial charge on any atom is 0.0506 e. The Kier molecular flexibility index (Phi) is 5.42. The summed E-state index contributed by atoms with van der Waals surface area (Å²) in [5, 5.41) is 2.02. The molecule has 0 N–H and O–H groups in total. The second-order valence-corrected chi connectivity index (χ2v) is 9.46. The first kappa shape index (κ1) is 18.4. The number of aryl methyl sites for hydroxylation is 1. The van der Waals surface area contributed by atoms with E-state index in [1.165, 1.54) is 33.4 Å². The monoisotopic (exact) mass is 446 g/mol. The van der Waals surface area contributed by atoms with Crippen LogP contribution in [0.4, 0.5) is 0 Å². The minimum absolute atomic E-state index is 0. The first-order valence-corrected chi connectivity index (χ1v) is 10.4. The molecule has 0 fully saturated rings. The van der Waals surface area contributed by atoms with Crippen molar-refractivity contribution in [3.63, 3.8) is 0 Å². The van der Waals surface area contributed by atoms with Crippen molar-refractivity contribution < 1.29 is 26.2 Å². The van der Waals surface area contributed by atoms with Crippen LogP contribution in [0.2, 0.25) is 0 Å². The molecule has 0 aromatic heterocycles. The maximum absolute atomic E-state index is 6.77. The summed E-state index contributed by atoms with van der Waals surface area (Å²) in [6, 6.07) is 15.1. The zero-order chi connectivity index (χ0) is 16.1. The third kappa shape index (κ3) is 2.86. The van der Waals surface area contributed by atoms with Crippen LogP contribution in [0.5, 0.6) is 0 Å². The molecule has 2 unspecified atom stereocenters. The van der Waals surface area contributed by atoms with Crippen LogP contribution < -0.4 is 0 Å². The molecule has 0 heterocycles. The van der Waals surface area contributed by atoms with Crippen molar-refractivity contribution in [2.45, 2.75) is 24.9 Å². The maximum atomic E-state index is 6.77. The normalized spacial score (nSPS) is 21.8. The molecule has 2 aliphatic carbocycles. The first-order chi connectivity index (χ1) is 11.1. The summed E-state index contributed by atoms with van der Waals surface area (Å²) in [6.07, 6.45) is 2.13. The van der Waals surface area contributed by atoms with Crippen molar-refractivity contribution >= 4 is 44.4 Å². The van der Waals surface area contributed by atoms with E-state index in [0.717, 1.165) is 10.1 Å². The quantitative estimate of drug-likeness (QED) is 0.531. The van der Waals surface area contributed by atoms with E-state index in [0.29, 0.717) is 11.1 Å². The molecule has 4 rings (SSSR count). The Bertz CT molecular complexity index is 870. The standard InChI is InChI=1S/C20H18Cl2Si.Zr/c1-11-6-5-9-15-17(11)12(2)18(22)20(15)23-19-14-8-4-3-7-13(14)10-16(19)21;/h3-10,19-20H,23H2,1-2H3;. The smallest absolute Gasteiger partial charge is 0.0506 e. The largest absolute Gasteiger partial charge is 0.0888 e. The van der Waals surface area contributed by atoms with Gasteiger partial charge in [-0.2, -0.15) is 0 Å². The Morgan fingerprint density at radius 1 is 0.875 bits per heavy atom. The van der Waals surface area contributed by atoms with Gasteiger partial charge in [-0.1, -0.05) is 65.7 Å². The van der Waals surface area contributed by atoms with Gasteiger partial charge in [0.2, 0.25) is 0 Å². The van der Waals surface area contributed by atoms with Gasteiger partial charge in [-0.15, -0.1) is 0 Å². The summed E-state index contributed by atoms with van der Waals surface area (Å²) < 4.78 is 0. The molecular weight excluding hydrogens is 430 g/mol. The van der Waals surface area contributed by atoms with Gasteiger partial charge in [-0.3, -0.25) is 0 Å². The van der Waals surface area contributed by atoms with Crippen molar-refractivity contribution in [2.24, 2.45) is 0 Å². The molecule has 24 heavy (non-hydrogen) atoms. The van der Waals surface area contributed by atoms with E-state index < -0.39 is 9.52 Å². The fraction of sp³-hybridized carbons (Fsp3) is 0.200. The Morgan fingerprint density at radius 2 is 1.58 bits per heavy atom. The molecule has 0 aliphatic heterocycles. The number of halogens is 2. The molecule has 0 amide bonds. The fourth-order valence-corrected chi connectivity index (χ4v) is 7.60. The van der Waals surface area contributed by atoms with Crippen molar-refractivity contribution in [3.8, 4) is 0 Å². The number of rotatable bonds is 2. The molecule has 2 aliphatic rings. The summed E-state index contributed by atoms with van der Waals surface area (Å²) in [5.74, 6) is 0. The third-order valence-corrected chi connectivity index (χ3v) is 9.30. The third-order valence-electron chi connectivity index (χ3n) is 5.19. The van der Waals surface area contributed by atoms with E-state index in [-0.39, 0.29) is 26.2 Å². The van der Waals surface area contributed by atoms with Crippen molar-refractivity contribution in [3.05, 3.63) is 80.3 Å². The van der Waals surface area contributed by atoms with Gasteiger partial charge in [-0.25, -0.2) is 0 Å². The van der Waals surface area contributed by atoms with E-state index in [4.69, 9.17) is 23.2 Å². The minimum Gasteiger partial charge on any atom is -0.0888 e. The summed E-state index contributed by atoms with van der Waals surface area (Å²) in [6.45, 7) is 4.33. The number of allylic oxidation sites excluding steroid dienone is 3. The van der Waals surface area contributed by atoms with E-state index >= 15 is 0 Å². The van der Waals surface area contributed by atoms with E-state index in [9.17, 15) is 0 Å². The van der Waals surface area contributed by atoms with Crippen LogP contribution in [0.3, 0.4) is 0 Å². The first-order valence-electron chi connectivity index (χ1n) is 8.00. The Hall–Kier alpha value is -0.400.